The Morgan fingerprint density at radius 1 is 1.37 bits per heavy atom. The van der Waals surface area contributed by atoms with Crippen LogP contribution < -0.4 is 0 Å². The summed E-state index contributed by atoms with van der Waals surface area (Å²) in [6.45, 7) is 14.8. The summed E-state index contributed by atoms with van der Waals surface area (Å²) in [7, 11) is -1.15. The molecule has 1 saturated heterocycles. The molecule has 2 aliphatic rings. The summed E-state index contributed by atoms with van der Waals surface area (Å²) in [5.74, 6) is 0.942. The molecule has 2 aliphatic heterocycles. The van der Waals surface area contributed by atoms with E-state index in [2.05, 4.69) is 51.2 Å². The Kier molecular flexibility index (Phi) is 7.09. The van der Waals surface area contributed by atoms with Gasteiger partial charge < -0.3 is 9.47 Å². The van der Waals surface area contributed by atoms with Crippen LogP contribution >= 0.6 is 15.9 Å². The lowest BCUT2D eigenvalue weighted by Crippen LogP contribution is -2.45. The third-order valence-corrected chi connectivity index (χ3v) is 7.50. The molecular formula is C22H35BrN3O3Si+. The van der Waals surface area contributed by atoms with Crippen molar-refractivity contribution >= 4 is 41.6 Å². The Balaban J connectivity index is 1.83. The average Bonchev–Trinajstić information content (AvgIpc) is 3.20. The molecule has 0 radical (unpaired) electrons. The fraction of sp³-hybridized carbons (Fsp3) is 0.682. The summed E-state index contributed by atoms with van der Waals surface area (Å²) in [6, 6.07) is 3.27. The average molecular weight is 498 g/mol. The molecule has 1 atom stereocenters. The third-order valence-electron chi connectivity index (χ3n) is 5.37. The van der Waals surface area contributed by atoms with Crippen LogP contribution in [0.25, 0.3) is 0 Å². The van der Waals surface area contributed by atoms with Crippen molar-refractivity contribution in [3.8, 4) is 0 Å². The number of fused-ring (bicyclic) bond motifs is 1. The Bertz CT molecular complexity index is 830. The van der Waals surface area contributed by atoms with Crippen LogP contribution in [0.2, 0.25) is 25.7 Å². The molecule has 1 aromatic rings. The van der Waals surface area contributed by atoms with Gasteiger partial charge in [0.05, 0.1) is 16.1 Å². The van der Waals surface area contributed by atoms with Gasteiger partial charge in [-0.3, -0.25) is 4.90 Å². The molecule has 1 amide bonds. The molecule has 0 spiro atoms. The summed E-state index contributed by atoms with van der Waals surface area (Å²) in [6.07, 6.45) is 4.29. The summed E-state index contributed by atoms with van der Waals surface area (Å²) < 4.78 is 14.9. The quantitative estimate of drug-likeness (QED) is 0.308. The number of likely N-dealkylation sites (tertiary alicyclic amines) is 1. The van der Waals surface area contributed by atoms with Crippen LogP contribution in [0, 0.1) is 0 Å². The Morgan fingerprint density at radius 2 is 2.10 bits per heavy atom. The zero-order valence-corrected chi connectivity index (χ0v) is 21.7. The Morgan fingerprint density at radius 3 is 2.77 bits per heavy atom. The number of amides is 1. The van der Waals surface area contributed by atoms with Crippen molar-refractivity contribution in [3.63, 3.8) is 0 Å². The molecule has 0 aromatic carbocycles. The zero-order chi connectivity index (χ0) is 22.1. The minimum Gasteiger partial charge on any atom is -0.444 e. The van der Waals surface area contributed by atoms with Gasteiger partial charge in [0, 0.05) is 27.6 Å². The molecular weight excluding hydrogens is 462 g/mol. The van der Waals surface area contributed by atoms with Crippen molar-refractivity contribution in [1.29, 1.82) is 0 Å². The van der Waals surface area contributed by atoms with E-state index >= 15 is 0 Å². The summed E-state index contributed by atoms with van der Waals surface area (Å²) in [5, 5.41) is 0. The monoisotopic (exact) mass is 496 g/mol. The number of hydrogen-bond acceptors (Lipinski definition) is 4. The number of carbonyl (C=O) groups is 1. The first-order valence-electron chi connectivity index (χ1n) is 10.8. The van der Waals surface area contributed by atoms with Crippen LogP contribution in [0.3, 0.4) is 0 Å². The Labute approximate surface area is 189 Å². The lowest BCUT2D eigenvalue weighted by molar-refractivity contribution is -0.493. The van der Waals surface area contributed by atoms with Crippen molar-refractivity contribution in [2.75, 3.05) is 19.9 Å². The second-order valence-corrected chi connectivity index (χ2v) is 16.9. The lowest BCUT2D eigenvalue weighted by Gasteiger charge is -2.28. The SMILES string of the molecule is CC(C)(C)OC(=O)N1CCC[C@H]1C1=[N+](COCC[Si](C)(C)C)c2ncc(Br)cc2C1. The van der Waals surface area contributed by atoms with Gasteiger partial charge in [-0.1, -0.05) is 19.6 Å². The molecule has 1 aromatic heterocycles. The predicted octanol–water partition coefficient (Wildman–Crippen LogP) is 5.20. The zero-order valence-electron chi connectivity index (χ0n) is 19.1. The first-order valence-corrected chi connectivity index (χ1v) is 15.3. The van der Waals surface area contributed by atoms with Gasteiger partial charge in [0.1, 0.15) is 11.3 Å². The van der Waals surface area contributed by atoms with E-state index in [-0.39, 0.29) is 12.1 Å². The molecule has 8 heteroatoms. The largest absolute Gasteiger partial charge is 0.444 e. The van der Waals surface area contributed by atoms with E-state index in [0.29, 0.717) is 6.73 Å². The van der Waals surface area contributed by atoms with Gasteiger partial charge in [-0.05, 0) is 66.6 Å². The highest BCUT2D eigenvalue weighted by molar-refractivity contribution is 9.10. The third kappa shape index (κ3) is 5.92. The van der Waals surface area contributed by atoms with Crippen LogP contribution in [-0.4, -0.2) is 65.9 Å². The van der Waals surface area contributed by atoms with Crippen LogP contribution in [0.5, 0.6) is 0 Å². The second kappa shape index (κ2) is 9.08. The fourth-order valence-corrected chi connectivity index (χ4v) is 5.04. The van der Waals surface area contributed by atoms with Gasteiger partial charge >= 0.3 is 11.9 Å². The molecule has 0 aliphatic carbocycles. The number of rotatable bonds is 6. The van der Waals surface area contributed by atoms with Crippen LogP contribution in [-0.2, 0) is 15.9 Å². The molecule has 0 N–H and O–H groups in total. The second-order valence-electron chi connectivity index (χ2n) is 10.4. The maximum atomic E-state index is 12.9. The highest BCUT2D eigenvalue weighted by Crippen LogP contribution is 2.32. The smallest absolute Gasteiger partial charge is 0.410 e. The number of hydrogen-bond donors (Lipinski definition) is 0. The molecule has 166 valence electrons. The van der Waals surface area contributed by atoms with Gasteiger partial charge in [0.2, 0.25) is 0 Å². The van der Waals surface area contributed by atoms with Crippen molar-refractivity contribution in [2.24, 2.45) is 0 Å². The molecule has 0 saturated carbocycles. The van der Waals surface area contributed by atoms with Crippen LogP contribution in [0.15, 0.2) is 16.7 Å². The maximum absolute atomic E-state index is 12.9. The summed E-state index contributed by atoms with van der Waals surface area (Å²) >= 11 is 3.54. The molecule has 0 bridgehead atoms. The van der Waals surface area contributed by atoms with Crippen LogP contribution in [0.1, 0.15) is 39.2 Å². The van der Waals surface area contributed by atoms with E-state index < -0.39 is 13.7 Å². The fourth-order valence-electron chi connectivity index (χ4n) is 3.90. The van der Waals surface area contributed by atoms with Gasteiger partial charge in [-0.15, -0.1) is 0 Å². The van der Waals surface area contributed by atoms with Crippen molar-refractivity contribution in [2.45, 2.75) is 77.4 Å². The number of nitrogens with zero attached hydrogens (tertiary/aromatic N) is 3. The molecule has 3 rings (SSSR count). The van der Waals surface area contributed by atoms with Gasteiger partial charge in [0.15, 0.2) is 12.9 Å². The summed E-state index contributed by atoms with van der Waals surface area (Å²) in [4.78, 5) is 19.4. The van der Waals surface area contributed by atoms with E-state index in [4.69, 9.17) is 9.47 Å². The van der Waals surface area contributed by atoms with Crippen LogP contribution in [0.4, 0.5) is 10.6 Å². The molecule has 3 heterocycles. The van der Waals surface area contributed by atoms with E-state index in [0.717, 1.165) is 48.7 Å². The van der Waals surface area contributed by atoms with Crippen molar-refractivity contribution in [3.05, 3.63) is 22.3 Å². The molecule has 30 heavy (non-hydrogen) atoms. The van der Waals surface area contributed by atoms with Gasteiger partial charge in [-0.2, -0.15) is 0 Å². The molecule has 1 fully saturated rings. The number of halogens is 1. The first-order chi connectivity index (χ1) is 13.9. The number of ether oxygens (including phenoxy) is 2. The summed E-state index contributed by atoms with van der Waals surface area (Å²) in [5.41, 5.74) is 1.86. The van der Waals surface area contributed by atoms with E-state index in [1.807, 2.05) is 31.9 Å². The Hall–Kier alpha value is -1.25. The standard InChI is InChI=1S/C22H35BrN3O3Si/c1-22(2,3)29-21(27)25-9-7-8-18(25)19-13-16-12-17(23)14-24-20(16)26(19)15-28-10-11-30(4,5)6/h12,14,18H,7-11,13,15H2,1-6H3/q+1/t18-/m0/s1. The van der Waals surface area contributed by atoms with Crippen molar-refractivity contribution in [1.82, 2.24) is 9.88 Å². The number of pyridine rings is 1. The lowest BCUT2D eigenvalue weighted by atomic mass is 10.0. The molecule has 0 unspecified atom stereocenters. The molecule has 6 nitrogen and oxygen atoms in total. The maximum Gasteiger partial charge on any atom is 0.410 e. The van der Waals surface area contributed by atoms with Gasteiger partial charge in [-0.25, -0.2) is 9.37 Å². The van der Waals surface area contributed by atoms with E-state index in [1.165, 1.54) is 11.3 Å². The normalized spacial score (nSPS) is 19.4. The highest BCUT2D eigenvalue weighted by Gasteiger charge is 2.42. The predicted molar refractivity (Wildman–Crippen MR) is 126 cm³/mol. The first kappa shape index (κ1) is 23.4. The minimum absolute atomic E-state index is 0.0217. The number of aromatic nitrogens is 1. The van der Waals surface area contributed by atoms with Crippen molar-refractivity contribution < 1.29 is 18.8 Å². The van der Waals surface area contributed by atoms with E-state index in [9.17, 15) is 4.79 Å². The minimum atomic E-state index is -1.15. The topological polar surface area (TPSA) is 54.7 Å². The van der Waals surface area contributed by atoms with Gasteiger partial charge in [0.25, 0.3) is 0 Å². The number of carbonyl (C=O) groups excluding carboxylic acids is 1. The van der Waals surface area contributed by atoms with E-state index in [1.54, 1.807) is 0 Å². The highest BCUT2D eigenvalue weighted by atomic mass is 79.9.